The quantitative estimate of drug-likeness (QED) is 0.663. The van der Waals surface area contributed by atoms with Crippen LogP contribution in [0.5, 0.6) is 0 Å². The number of hydrogen-bond donors (Lipinski definition) is 1. The lowest BCUT2D eigenvalue weighted by atomic mass is 9.79. The predicted molar refractivity (Wildman–Crippen MR) is 99.5 cm³/mol. The predicted octanol–water partition coefficient (Wildman–Crippen LogP) is 3.30. The van der Waals surface area contributed by atoms with Crippen LogP contribution < -0.4 is 5.32 Å². The fourth-order valence-corrected chi connectivity index (χ4v) is 2.60. The molecule has 2 amide bonds. The van der Waals surface area contributed by atoms with Crippen molar-refractivity contribution in [3.63, 3.8) is 0 Å². The molecule has 5 heteroatoms. The summed E-state index contributed by atoms with van der Waals surface area (Å²) in [4.78, 5) is 34.7. The second-order valence-electron chi connectivity index (χ2n) is 8.74. The van der Waals surface area contributed by atoms with E-state index in [2.05, 4.69) is 52.9 Å². The first-order valence-corrected chi connectivity index (χ1v) is 8.73. The molecule has 5 nitrogen and oxygen atoms in total. The van der Waals surface area contributed by atoms with E-state index in [9.17, 15) is 14.4 Å². The molecule has 0 saturated heterocycles. The standard InChI is InChI=1S/C21H27NO4/c1-20(2,3)15-7-13(8-16(11-15)21(4,5)6)12-26-18(24)10-14-9-17(23)22-19(14)25/h7-9,11H,10,12H2,1-6H3,(H,22,23,25). The molecule has 1 aromatic rings. The summed E-state index contributed by atoms with van der Waals surface area (Å²) in [5.41, 5.74) is 3.37. The van der Waals surface area contributed by atoms with Crippen LogP contribution >= 0.6 is 0 Å². The molecule has 0 unspecified atom stereocenters. The number of rotatable bonds is 4. The molecule has 0 atom stereocenters. The van der Waals surface area contributed by atoms with Gasteiger partial charge in [0.2, 0.25) is 0 Å². The van der Waals surface area contributed by atoms with Crippen molar-refractivity contribution in [1.29, 1.82) is 0 Å². The van der Waals surface area contributed by atoms with Crippen LogP contribution in [0.1, 0.15) is 64.7 Å². The fraction of sp³-hybridized carbons (Fsp3) is 0.476. The molecular formula is C21H27NO4. The van der Waals surface area contributed by atoms with Crippen molar-refractivity contribution in [1.82, 2.24) is 5.32 Å². The first-order valence-electron chi connectivity index (χ1n) is 8.73. The Hall–Kier alpha value is -2.43. The molecule has 26 heavy (non-hydrogen) atoms. The van der Waals surface area contributed by atoms with Crippen molar-refractivity contribution in [2.24, 2.45) is 0 Å². The number of carbonyl (C=O) groups excluding carboxylic acids is 3. The summed E-state index contributed by atoms with van der Waals surface area (Å²) in [6.07, 6.45) is 0.935. The van der Waals surface area contributed by atoms with E-state index in [0.29, 0.717) is 0 Å². The second-order valence-corrected chi connectivity index (χ2v) is 8.74. The number of imide groups is 1. The summed E-state index contributed by atoms with van der Waals surface area (Å²) in [7, 11) is 0. The Kier molecular flexibility index (Phi) is 5.40. The molecule has 0 aromatic heterocycles. The molecule has 1 aliphatic heterocycles. The zero-order valence-electron chi connectivity index (χ0n) is 16.4. The van der Waals surface area contributed by atoms with Gasteiger partial charge in [-0.25, -0.2) is 0 Å². The topological polar surface area (TPSA) is 72.5 Å². The third kappa shape index (κ3) is 5.04. The van der Waals surface area contributed by atoms with Crippen molar-refractivity contribution >= 4 is 17.8 Å². The molecule has 0 spiro atoms. The lowest BCUT2D eigenvalue weighted by molar-refractivity contribution is -0.144. The fourth-order valence-electron chi connectivity index (χ4n) is 2.60. The Balaban J connectivity index is 2.13. The molecule has 2 rings (SSSR count). The van der Waals surface area contributed by atoms with Crippen molar-refractivity contribution < 1.29 is 19.1 Å². The Labute approximate surface area is 154 Å². The first-order chi connectivity index (χ1) is 11.9. The van der Waals surface area contributed by atoms with Crippen LogP contribution in [0.2, 0.25) is 0 Å². The van der Waals surface area contributed by atoms with Gasteiger partial charge in [0.25, 0.3) is 11.8 Å². The van der Waals surface area contributed by atoms with Gasteiger partial charge in [-0.2, -0.15) is 0 Å². The van der Waals surface area contributed by atoms with Gasteiger partial charge in [-0.1, -0.05) is 59.7 Å². The second kappa shape index (κ2) is 7.06. The highest BCUT2D eigenvalue weighted by molar-refractivity contribution is 6.17. The Morgan fingerprint density at radius 2 is 1.50 bits per heavy atom. The van der Waals surface area contributed by atoms with Crippen LogP contribution in [0, 0.1) is 0 Å². The van der Waals surface area contributed by atoms with Crippen molar-refractivity contribution in [3.8, 4) is 0 Å². The monoisotopic (exact) mass is 357 g/mol. The van der Waals surface area contributed by atoms with Gasteiger partial charge in [0.15, 0.2) is 0 Å². The number of esters is 1. The number of nitrogens with one attached hydrogen (secondary N) is 1. The lowest BCUT2D eigenvalue weighted by Crippen LogP contribution is -2.23. The van der Waals surface area contributed by atoms with Gasteiger partial charge in [-0.3, -0.25) is 19.7 Å². The summed E-state index contributed by atoms with van der Waals surface area (Å²) in [6.45, 7) is 13.0. The number of carbonyl (C=O) groups is 3. The highest BCUT2D eigenvalue weighted by atomic mass is 16.5. The third-order valence-electron chi connectivity index (χ3n) is 4.29. The van der Waals surface area contributed by atoms with E-state index >= 15 is 0 Å². The molecule has 1 N–H and O–H groups in total. The normalized spacial score (nSPS) is 14.9. The molecule has 0 bridgehead atoms. The van der Waals surface area contributed by atoms with E-state index in [4.69, 9.17) is 4.74 Å². The number of ether oxygens (including phenoxy) is 1. The summed E-state index contributed by atoms with van der Waals surface area (Å²) in [5.74, 6) is -1.55. The average molecular weight is 357 g/mol. The van der Waals surface area contributed by atoms with Gasteiger partial charge < -0.3 is 4.74 Å². The number of amides is 2. The van der Waals surface area contributed by atoms with E-state index < -0.39 is 17.8 Å². The van der Waals surface area contributed by atoms with Crippen LogP contribution in [0.4, 0.5) is 0 Å². The van der Waals surface area contributed by atoms with E-state index in [0.717, 1.165) is 11.6 Å². The van der Waals surface area contributed by atoms with Crippen molar-refractivity contribution in [3.05, 3.63) is 46.5 Å². The highest BCUT2D eigenvalue weighted by Crippen LogP contribution is 2.30. The molecule has 1 heterocycles. The van der Waals surface area contributed by atoms with Crippen molar-refractivity contribution in [2.75, 3.05) is 0 Å². The van der Waals surface area contributed by atoms with Gasteiger partial charge >= 0.3 is 5.97 Å². The highest BCUT2D eigenvalue weighted by Gasteiger charge is 2.24. The van der Waals surface area contributed by atoms with E-state index in [-0.39, 0.29) is 29.4 Å². The number of benzene rings is 1. The molecular weight excluding hydrogens is 330 g/mol. The summed E-state index contributed by atoms with van der Waals surface area (Å²) >= 11 is 0. The van der Waals surface area contributed by atoms with Crippen LogP contribution in [0.25, 0.3) is 0 Å². The van der Waals surface area contributed by atoms with Gasteiger partial charge in [-0.15, -0.1) is 0 Å². The smallest absolute Gasteiger partial charge is 0.310 e. The van der Waals surface area contributed by atoms with E-state index in [1.807, 2.05) is 12.1 Å². The maximum atomic E-state index is 12.0. The molecule has 140 valence electrons. The van der Waals surface area contributed by atoms with E-state index in [1.54, 1.807) is 0 Å². The Bertz CT molecular complexity index is 744. The minimum Gasteiger partial charge on any atom is -0.461 e. The molecule has 1 aliphatic rings. The lowest BCUT2D eigenvalue weighted by Gasteiger charge is -2.26. The maximum absolute atomic E-state index is 12.0. The summed E-state index contributed by atoms with van der Waals surface area (Å²) in [6, 6.07) is 6.30. The molecule has 1 aromatic carbocycles. The van der Waals surface area contributed by atoms with Gasteiger partial charge in [0.1, 0.15) is 6.61 Å². The Morgan fingerprint density at radius 3 is 1.92 bits per heavy atom. The van der Waals surface area contributed by atoms with Crippen LogP contribution in [-0.4, -0.2) is 17.8 Å². The molecule has 0 fully saturated rings. The Morgan fingerprint density at radius 1 is 0.962 bits per heavy atom. The molecule has 0 aliphatic carbocycles. The minimum absolute atomic E-state index is 0.0207. The molecule has 0 radical (unpaired) electrons. The average Bonchev–Trinajstić information content (AvgIpc) is 2.81. The van der Waals surface area contributed by atoms with E-state index in [1.165, 1.54) is 11.1 Å². The van der Waals surface area contributed by atoms with Crippen molar-refractivity contribution in [2.45, 2.75) is 65.4 Å². The largest absolute Gasteiger partial charge is 0.461 e. The zero-order valence-corrected chi connectivity index (χ0v) is 16.4. The van der Waals surface area contributed by atoms with Crippen LogP contribution in [0.15, 0.2) is 29.8 Å². The number of hydrogen-bond acceptors (Lipinski definition) is 4. The first kappa shape index (κ1) is 19.9. The molecule has 0 saturated carbocycles. The summed E-state index contributed by atoms with van der Waals surface area (Å²) < 4.78 is 5.34. The summed E-state index contributed by atoms with van der Waals surface area (Å²) in [5, 5.41) is 2.12. The maximum Gasteiger partial charge on any atom is 0.310 e. The van der Waals surface area contributed by atoms with Gasteiger partial charge in [-0.05, 0) is 27.5 Å². The van der Waals surface area contributed by atoms with Crippen LogP contribution in [0.3, 0.4) is 0 Å². The van der Waals surface area contributed by atoms with Gasteiger partial charge in [0.05, 0.1) is 6.42 Å². The third-order valence-corrected chi connectivity index (χ3v) is 4.29. The van der Waals surface area contributed by atoms with Gasteiger partial charge in [0, 0.05) is 11.6 Å². The minimum atomic E-state index is -0.531. The van der Waals surface area contributed by atoms with Crippen LogP contribution in [-0.2, 0) is 36.6 Å². The SMILES string of the molecule is CC(C)(C)c1cc(COC(=O)CC2=CC(=O)NC2=O)cc(C(C)(C)C)c1. The zero-order chi connectivity index (χ0) is 19.7.